The van der Waals surface area contributed by atoms with E-state index in [4.69, 9.17) is 0 Å². The van der Waals surface area contributed by atoms with Crippen LogP contribution in [0.25, 0.3) is 0 Å². The van der Waals surface area contributed by atoms with Crippen LogP contribution < -0.4 is 5.56 Å². The van der Waals surface area contributed by atoms with Gasteiger partial charge in [0.25, 0.3) is 5.56 Å². The van der Waals surface area contributed by atoms with Crippen LogP contribution in [0.15, 0.2) is 34.6 Å². The van der Waals surface area contributed by atoms with Crippen molar-refractivity contribution in [2.24, 2.45) is 11.8 Å². The van der Waals surface area contributed by atoms with Crippen LogP contribution in [-0.4, -0.2) is 50.8 Å². The van der Waals surface area contributed by atoms with Crippen LogP contribution in [0.2, 0.25) is 0 Å². The minimum absolute atomic E-state index is 0.0229. The van der Waals surface area contributed by atoms with Crippen LogP contribution in [0.1, 0.15) is 10.7 Å². The quantitative estimate of drug-likeness (QED) is 0.793. The van der Waals surface area contributed by atoms with Crippen molar-refractivity contribution in [1.29, 1.82) is 0 Å². The molecule has 2 amide bonds. The van der Waals surface area contributed by atoms with Crippen molar-refractivity contribution in [2.75, 3.05) is 19.6 Å². The normalized spacial score (nSPS) is 22.1. The first-order chi connectivity index (χ1) is 12.5. The van der Waals surface area contributed by atoms with Gasteiger partial charge in [-0.25, -0.2) is 4.98 Å². The number of rotatable bonds is 4. The van der Waals surface area contributed by atoms with Gasteiger partial charge in [-0.3, -0.25) is 14.4 Å². The van der Waals surface area contributed by atoms with Crippen LogP contribution >= 0.6 is 11.3 Å². The Morgan fingerprint density at radius 3 is 2.81 bits per heavy atom. The van der Waals surface area contributed by atoms with Crippen molar-refractivity contribution < 1.29 is 9.59 Å². The van der Waals surface area contributed by atoms with E-state index in [-0.39, 0.29) is 35.8 Å². The number of amides is 2. The molecule has 2 aliphatic rings. The number of likely N-dealkylation sites (tertiary alicyclic amines) is 2. The van der Waals surface area contributed by atoms with Crippen LogP contribution in [0.4, 0.5) is 0 Å². The van der Waals surface area contributed by atoms with Crippen LogP contribution in [0.5, 0.6) is 0 Å². The monoisotopic (exact) mass is 372 g/mol. The molecule has 8 heteroatoms. The van der Waals surface area contributed by atoms with Gasteiger partial charge >= 0.3 is 0 Å². The fraction of sp³-hybridized carbons (Fsp3) is 0.444. The number of fused-ring (bicyclic) bond motifs is 1. The molecular weight excluding hydrogens is 352 g/mol. The molecular formula is C18H20N4O3S. The highest BCUT2D eigenvalue weighted by molar-refractivity contribution is 7.09. The van der Waals surface area contributed by atoms with E-state index in [9.17, 15) is 14.4 Å². The zero-order valence-electron chi connectivity index (χ0n) is 14.5. The summed E-state index contributed by atoms with van der Waals surface area (Å²) >= 11 is 1.59. The summed E-state index contributed by atoms with van der Waals surface area (Å²) in [5.41, 5.74) is 0.734. The Balaban J connectivity index is 1.38. The number of hydrogen-bond acceptors (Lipinski definition) is 5. The molecule has 2 aromatic rings. The molecule has 2 saturated heterocycles. The number of carbonyl (C=O) groups is 2. The predicted octanol–water partition coefficient (Wildman–Crippen LogP) is 0.730. The van der Waals surface area contributed by atoms with E-state index >= 15 is 0 Å². The second-order valence-electron chi connectivity index (χ2n) is 6.91. The van der Waals surface area contributed by atoms with Gasteiger partial charge in [-0.05, 0) is 13.0 Å². The Hall–Kier alpha value is -2.48. The lowest BCUT2D eigenvalue weighted by Gasteiger charge is -2.21. The third-order valence-corrected chi connectivity index (χ3v) is 5.92. The summed E-state index contributed by atoms with van der Waals surface area (Å²) in [7, 11) is 0. The molecule has 2 aromatic heterocycles. The predicted molar refractivity (Wildman–Crippen MR) is 96.5 cm³/mol. The molecule has 2 aliphatic heterocycles. The molecule has 0 bridgehead atoms. The van der Waals surface area contributed by atoms with Crippen molar-refractivity contribution in [2.45, 2.75) is 20.0 Å². The molecule has 0 unspecified atom stereocenters. The first-order valence-electron chi connectivity index (χ1n) is 8.64. The Labute approximate surface area is 154 Å². The number of aromatic nitrogens is 2. The average molecular weight is 372 g/mol. The molecule has 4 rings (SSSR count). The van der Waals surface area contributed by atoms with E-state index in [1.54, 1.807) is 34.6 Å². The maximum absolute atomic E-state index is 12.7. The Morgan fingerprint density at radius 1 is 1.27 bits per heavy atom. The number of thiazole rings is 1. The van der Waals surface area contributed by atoms with Crippen molar-refractivity contribution in [3.8, 4) is 0 Å². The summed E-state index contributed by atoms with van der Waals surface area (Å²) in [6, 6.07) is 4.82. The largest absolute Gasteiger partial charge is 0.340 e. The number of aryl methyl sites for hydroxylation is 1. The number of nitrogens with zero attached hydrogens (tertiary/aromatic N) is 4. The van der Waals surface area contributed by atoms with Crippen molar-refractivity contribution in [3.63, 3.8) is 0 Å². The SMILES string of the molecule is Cc1nc(CN2C[C@@H]3CN(C(=O)Cn4ccccc4=O)C[C@@H]3C2=O)cs1. The summed E-state index contributed by atoms with van der Waals surface area (Å²) in [5, 5.41) is 2.99. The highest BCUT2D eigenvalue weighted by atomic mass is 32.1. The van der Waals surface area contributed by atoms with Gasteiger partial charge in [0.1, 0.15) is 6.54 Å². The maximum Gasteiger partial charge on any atom is 0.250 e. The first-order valence-corrected chi connectivity index (χ1v) is 9.52. The van der Waals surface area contributed by atoms with Gasteiger partial charge in [-0.15, -0.1) is 11.3 Å². The molecule has 7 nitrogen and oxygen atoms in total. The van der Waals surface area contributed by atoms with Gasteiger partial charge in [0, 0.05) is 43.2 Å². The highest BCUT2D eigenvalue weighted by Gasteiger charge is 2.47. The fourth-order valence-corrected chi connectivity index (χ4v) is 4.41. The number of hydrogen-bond donors (Lipinski definition) is 0. The zero-order chi connectivity index (χ0) is 18.3. The standard InChI is InChI=1S/C18H20N4O3S/c1-12-19-14(11-26-12)8-22-7-13-6-21(9-15(13)18(22)25)17(24)10-20-5-3-2-4-16(20)23/h2-5,11,13,15H,6-10H2,1H3/t13-,15-/m0/s1. The van der Waals surface area contributed by atoms with Crippen molar-refractivity contribution in [3.05, 3.63) is 50.8 Å². The lowest BCUT2D eigenvalue weighted by atomic mass is 10.0. The van der Waals surface area contributed by atoms with Gasteiger partial charge < -0.3 is 14.4 Å². The topological polar surface area (TPSA) is 75.5 Å². The van der Waals surface area contributed by atoms with E-state index in [2.05, 4.69) is 4.98 Å². The first kappa shape index (κ1) is 17.0. The molecule has 0 spiro atoms. The minimum Gasteiger partial charge on any atom is -0.340 e. The zero-order valence-corrected chi connectivity index (χ0v) is 15.3. The van der Waals surface area contributed by atoms with Gasteiger partial charge in [-0.1, -0.05) is 6.07 Å². The Morgan fingerprint density at radius 2 is 2.12 bits per heavy atom. The Kier molecular flexibility index (Phi) is 4.36. The van der Waals surface area contributed by atoms with Crippen molar-refractivity contribution >= 4 is 23.2 Å². The molecule has 0 radical (unpaired) electrons. The van der Waals surface area contributed by atoms with Gasteiger partial charge in [0.05, 0.1) is 23.2 Å². The molecule has 2 atom stereocenters. The van der Waals surface area contributed by atoms with E-state index in [0.29, 0.717) is 26.2 Å². The third-order valence-electron chi connectivity index (χ3n) is 5.10. The third kappa shape index (κ3) is 3.16. The summed E-state index contributed by atoms with van der Waals surface area (Å²) < 4.78 is 1.40. The van der Waals surface area contributed by atoms with E-state index in [0.717, 1.165) is 10.7 Å². The molecule has 4 heterocycles. The van der Waals surface area contributed by atoms with Gasteiger partial charge in [0.2, 0.25) is 11.8 Å². The summed E-state index contributed by atoms with van der Waals surface area (Å²) in [6.07, 6.45) is 1.61. The van der Waals surface area contributed by atoms with Crippen LogP contribution in [-0.2, 0) is 22.7 Å². The maximum atomic E-state index is 12.7. The number of pyridine rings is 1. The smallest absolute Gasteiger partial charge is 0.250 e. The summed E-state index contributed by atoms with van der Waals surface area (Å²) in [5.74, 6) is 0.0277. The summed E-state index contributed by atoms with van der Waals surface area (Å²) in [4.78, 5) is 45.0. The molecule has 0 N–H and O–H groups in total. The Bertz CT molecular complexity index is 906. The lowest BCUT2D eigenvalue weighted by molar-refractivity contribution is -0.134. The average Bonchev–Trinajstić information content (AvgIpc) is 3.28. The molecule has 0 saturated carbocycles. The lowest BCUT2D eigenvalue weighted by Crippen LogP contribution is -2.38. The van der Waals surface area contributed by atoms with Crippen molar-refractivity contribution in [1.82, 2.24) is 19.4 Å². The second kappa shape index (κ2) is 6.68. The summed E-state index contributed by atoms with van der Waals surface area (Å²) in [6.45, 7) is 4.20. The van der Waals surface area contributed by atoms with Crippen LogP contribution in [0.3, 0.4) is 0 Å². The van der Waals surface area contributed by atoms with Gasteiger partial charge in [-0.2, -0.15) is 0 Å². The molecule has 26 heavy (non-hydrogen) atoms. The molecule has 2 fully saturated rings. The molecule has 0 aromatic carbocycles. The highest BCUT2D eigenvalue weighted by Crippen LogP contribution is 2.33. The second-order valence-corrected chi connectivity index (χ2v) is 7.97. The van der Waals surface area contributed by atoms with E-state index < -0.39 is 0 Å². The number of carbonyl (C=O) groups excluding carboxylic acids is 2. The van der Waals surface area contributed by atoms with E-state index in [1.165, 1.54) is 10.6 Å². The van der Waals surface area contributed by atoms with Crippen LogP contribution in [0, 0.1) is 18.8 Å². The molecule has 0 aliphatic carbocycles. The minimum atomic E-state index is -0.193. The fourth-order valence-electron chi connectivity index (χ4n) is 3.80. The van der Waals surface area contributed by atoms with Gasteiger partial charge in [0.15, 0.2) is 0 Å². The van der Waals surface area contributed by atoms with E-state index in [1.807, 2.05) is 17.2 Å². The molecule has 136 valence electrons.